The standard InChI is InChI=1S/C14H14F2O4S/c1-19-9-5-8-6-12(14(15,16)4-3-13(17)18)21-11(8)7-10(9)20-2/h5-7H,3-4H2,1-2H3,(H,17,18). The highest BCUT2D eigenvalue weighted by Gasteiger charge is 2.34. The molecule has 2 aromatic rings. The van der Waals surface area contributed by atoms with Gasteiger partial charge < -0.3 is 14.6 Å². The number of thiophene rings is 1. The summed E-state index contributed by atoms with van der Waals surface area (Å²) in [5.74, 6) is -3.47. The third kappa shape index (κ3) is 3.24. The first-order valence-corrected chi connectivity index (χ1v) is 6.94. The molecule has 0 aliphatic rings. The smallest absolute Gasteiger partial charge is 0.303 e. The number of benzene rings is 1. The molecule has 1 heterocycles. The summed E-state index contributed by atoms with van der Waals surface area (Å²) >= 11 is 0.926. The number of alkyl halides is 2. The van der Waals surface area contributed by atoms with Crippen LogP contribution in [0.2, 0.25) is 0 Å². The van der Waals surface area contributed by atoms with Gasteiger partial charge in [0, 0.05) is 17.2 Å². The molecule has 0 radical (unpaired) electrons. The van der Waals surface area contributed by atoms with Gasteiger partial charge in [-0.2, -0.15) is 0 Å². The van der Waals surface area contributed by atoms with Crippen LogP contribution >= 0.6 is 11.3 Å². The van der Waals surface area contributed by atoms with E-state index in [0.717, 1.165) is 11.3 Å². The molecule has 114 valence electrons. The molecular formula is C14H14F2O4S. The molecule has 7 heteroatoms. The fourth-order valence-corrected chi connectivity index (χ4v) is 3.01. The summed E-state index contributed by atoms with van der Waals surface area (Å²) in [6.07, 6.45) is -1.29. The van der Waals surface area contributed by atoms with E-state index >= 15 is 0 Å². The maximum atomic E-state index is 14.0. The van der Waals surface area contributed by atoms with Crippen molar-refractivity contribution >= 4 is 27.4 Å². The van der Waals surface area contributed by atoms with E-state index in [4.69, 9.17) is 14.6 Å². The lowest BCUT2D eigenvalue weighted by Crippen LogP contribution is -2.13. The number of carboxylic acids is 1. The third-order valence-corrected chi connectivity index (χ3v) is 4.25. The van der Waals surface area contributed by atoms with E-state index in [2.05, 4.69) is 0 Å². The van der Waals surface area contributed by atoms with E-state index in [1.807, 2.05) is 0 Å². The van der Waals surface area contributed by atoms with E-state index in [9.17, 15) is 13.6 Å². The number of carbonyl (C=O) groups is 1. The highest BCUT2D eigenvalue weighted by Crippen LogP contribution is 2.43. The Morgan fingerprint density at radius 2 is 1.86 bits per heavy atom. The molecule has 1 aromatic carbocycles. The molecule has 0 aliphatic carbocycles. The molecule has 0 spiro atoms. The van der Waals surface area contributed by atoms with Crippen molar-refractivity contribution in [2.45, 2.75) is 18.8 Å². The highest BCUT2D eigenvalue weighted by atomic mass is 32.1. The Balaban J connectivity index is 2.40. The van der Waals surface area contributed by atoms with Crippen LogP contribution in [0.5, 0.6) is 11.5 Å². The van der Waals surface area contributed by atoms with Crippen LogP contribution in [0, 0.1) is 0 Å². The van der Waals surface area contributed by atoms with Gasteiger partial charge in [0.25, 0.3) is 5.92 Å². The van der Waals surface area contributed by atoms with Crippen LogP contribution < -0.4 is 9.47 Å². The zero-order valence-corrected chi connectivity index (χ0v) is 12.3. The zero-order chi connectivity index (χ0) is 15.6. The van der Waals surface area contributed by atoms with E-state index < -0.39 is 24.7 Å². The van der Waals surface area contributed by atoms with Gasteiger partial charge in [-0.05, 0) is 17.5 Å². The topological polar surface area (TPSA) is 55.8 Å². The predicted molar refractivity (Wildman–Crippen MR) is 75.7 cm³/mol. The van der Waals surface area contributed by atoms with Gasteiger partial charge in [-0.3, -0.25) is 4.79 Å². The van der Waals surface area contributed by atoms with Crippen LogP contribution in [0.4, 0.5) is 8.78 Å². The molecule has 0 aliphatic heterocycles. The van der Waals surface area contributed by atoms with E-state index in [1.54, 1.807) is 12.1 Å². The van der Waals surface area contributed by atoms with Crippen molar-refractivity contribution in [3.63, 3.8) is 0 Å². The summed E-state index contributed by atoms with van der Waals surface area (Å²) in [6.45, 7) is 0. The molecule has 0 bridgehead atoms. The second-order valence-electron chi connectivity index (χ2n) is 4.45. The van der Waals surface area contributed by atoms with Gasteiger partial charge in [-0.15, -0.1) is 11.3 Å². The number of hydrogen-bond donors (Lipinski definition) is 1. The molecule has 0 saturated heterocycles. The van der Waals surface area contributed by atoms with E-state index in [-0.39, 0.29) is 4.88 Å². The quantitative estimate of drug-likeness (QED) is 0.879. The van der Waals surface area contributed by atoms with Gasteiger partial charge in [0.2, 0.25) is 0 Å². The lowest BCUT2D eigenvalue weighted by molar-refractivity contribution is -0.139. The molecule has 21 heavy (non-hydrogen) atoms. The van der Waals surface area contributed by atoms with Crippen molar-refractivity contribution in [3.05, 3.63) is 23.1 Å². The molecule has 1 aromatic heterocycles. The van der Waals surface area contributed by atoms with Crippen molar-refractivity contribution in [3.8, 4) is 11.5 Å². The number of methoxy groups -OCH3 is 2. The second-order valence-corrected chi connectivity index (χ2v) is 5.54. The Morgan fingerprint density at radius 1 is 1.24 bits per heavy atom. The maximum Gasteiger partial charge on any atom is 0.303 e. The lowest BCUT2D eigenvalue weighted by Gasteiger charge is -2.12. The summed E-state index contributed by atoms with van der Waals surface area (Å²) in [5.41, 5.74) is 0. The Labute approximate surface area is 123 Å². The van der Waals surface area contributed by atoms with Gasteiger partial charge >= 0.3 is 5.97 Å². The Hall–Kier alpha value is -1.89. The summed E-state index contributed by atoms with van der Waals surface area (Å²) in [6, 6.07) is 4.63. The normalized spacial score (nSPS) is 11.6. The van der Waals surface area contributed by atoms with Crippen LogP contribution in [-0.4, -0.2) is 25.3 Å². The number of carboxylic acid groups (broad SMARTS) is 1. The van der Waals surface area contributed by atoms with Gasteiger partial charge in [0.15, 0.2) is 11.5 Å². The maximum absolute atomic E-state index is 14.0. The van der Waals surface area contributed by atoms with Crippen molar-refractivity contribution in [2.75, 3.05) is 14.2 Å². The van der Waals surface area contributed by atoms with E-state index in [1.165, 1.54) is 20.3 Å². The molecule has 4 nitrogen and oxygen atoms in total. The first-order chi connectivity index (χ1) is 9.87. The zero-order valence-electron chi connectivity index (χ0n) is 11.5. The Kier molecular flexibility index (Phi) is 4.32. The second kappa shape index (κ2) is 5.85. The number of rotatable bonds is 6. The largest absolute Gasteiger partial charge is 0.493 e. The Morgan fingerprint density at radius 3 is 2.43 bits per heavy atom. The minimum absolute atomic E-state index is 0.158. The van der Waals surface area contributed by atoms with Crippen LogP contribution in [-0.2, 0) is 10.7 Å². The summed E-state index contributed by atoms with van der Waals surface area (Å²) in [5, 5.41) is 9.15. The van der Waals surface area contributed by atoms with Gasteiger partial charge in [-0.1, -0.05) is 0 Å². The Bertz CT molecular complexity index is 625. The summed E-state index contributed by atoms with van der Waals surface area (Å²) < 4.78 is 38.9. The first-order valence-electron chi connectivity index (χ1n) is 6.13. The molecule has 0 atom stereocenters. The summed E-state index contributed by atoms with van der Waals surface area (Å²) in [7, 11) is 2.94. The van der Waals surface area contributed by atoms with Crippen molar-refractivity contribution in [1.29, 1.82) is 0 Å². The fourth-order valence-electron chi connectivity index (χ4n) is 1.93. The van der Waals surface area contributed by atoms with Gasteiger partial charge in [0.1, 0.15) is 0 Å². The molecule has 2 rings (SSSR count). The molecular weight excluding hydrogens is 302 g/mol. The fraction of sp³-hybridized carbons (Fsp3) is 0.357. The van der Waals surface area contributed by atoms with Crippen LogP contribution in [0.15, 0.2) is 18.2 Å². The van der Waals surface area contributed by atoms with Crippen molar-refractivity contribution in [2.24, 2.45) is 0 Å². The summed E-state index contributed by atoms with van der Waals surface area (Å²) in [4.78, 5) is 10.3. The molecule has 0 amide bonds. The van der Waals surface area contributed by atoms with Crippen LogP contribution in [0.25, 0.3) is 10.1 Å². The number of aliphatic carboxylic acids is 1. The number of hydrogen-bond acceptors (Lipinski definition) is 4. The number of ether oxygens (including phenoxy) is 2. The average molecular weight is 316 g/mol. The minimum atomic E-state index is -3.16. The third-order valence-electron chi connectivity index (χ3n) is 3.04. The van der Waals surface area contributed by atoms with Gasteiger partial charge in [0.05, 0.1) is 25.5 Å². The van der Waals surface area contributed by atoms with Crippen LogP contribution in [0.1, 0.15) is 17.7 Å². The van der Waals surface area contributed by atoms with Crippen molar-refractivity contribution in [1.82, 2.24) is 0 Å². The highest BCUT2D eigenvalue weighted by molar-refractivity contribution is 7.19. The minimum Gasteiger partial charge on any atom is -0.493 e. The molecule has 1 N–H and O–H groups in total. The SMILES string of the molecule is COc1cc2cc(C(F)(F)CCC(=O)O)sc2cc1OC. The number of halogens is 2. The predicted octanol–water partition coefficient (Wildman–Crippen LogP) is 3.88. The monoisotopic (exact) mass is 316 g/mol. The molecule has 0 saturated carbocycles. The van der Waals surface area contributed by atoms with E-state index in [0.29, 0.717) is 21.6 Å². The average Bonchev–Trinajstić information content (AvgIpc) is 2.87. The first kappa shape index (κ1) is 15.5. The van der Waals surface area contributed by atoms with Crippen LogP contribution in [0.3, 0.4) is 0 Å². The van der Waals surface area contributed by atoms with Crippen molar-refractivity contribution < 1.29 is 28.2 Å². The number of fused-ring (bicyclic) bond motifs is 1. The molecule has 0 unspecified atom stereocenters. The van der Waals surface area contributed by atoms with Gasteiger partial charge in [-0.25, -0.2) is 8.78 Å². The lowest BCUT2D eigenvalue weighted by atomic mass is 10.1. The molecule has 0 fully saturated rings.